The summed E-state index contributed by atoms with van der Waals surface area (Å²) >= 11 is 0. The van der Waals surface area contributed by atoms with Gasteiger partial charge in [-0.05, 0) is 17.3 Å². The second kappa shape index (κ2) is 17.1. The maximum atomic E-state index is 2.46. The summed E-state index contributed by atoms with van der Waals surface area (Å²) in [6.07, 6.45) is 24.8. The zero-order valence-corrected chi connectivity index (χ0v) is 19.7. The highest BCUT2D eigenvalue weighted by Crippen LogP contribution is 2.37. The van der Waals surface area contributed by atoms with E-state index in [2.05, 4.69) is 41.5 Å². The first kappa shape index (κ1) is 26.0. The predicted octanol–water partition coefficient (Wildman–Crippen LogP) is 9.96. The van der Waals surface area contributed by atoms with E-state index < -0.39 is 0 Å². The van der Waals surface area contributed by atoms with Crippen LogP contribution in [0.3, 0.4) is 0 Å². The van der Waals surface area contributed by atoms with Gasteiger partial charge in [0.1, 0.15) is 0 Å². The average molecular weight is 367 g/mol. The molecule has 0 nitrogen and oxygen atoms in total. The fourth-order valence-electron chi connectivity index (χ4n) is 3.94. The Hall–Kier alpha value is 0. The second-order valence-electron chi connectivity index (χ2n) is 9.97. The van der Waals surface area contributed by atoms with E-state index >= 15 is 0 Å². The Bertz CT molecular complexity index is 276. The largest absolute Gasteiger partial charge is 0.0654 e. The Labute approximate surface area is 168 Å². The standard InChI is InChI=1S/C26H54/c1-7-8-9-10-11-12-13-14-15-16-17-18-19-20-21-22-23-25(4)26(5,6)24(2)3/h24-25H,7-23H2,1-6H3. The van der Waals surface area contributed by atoms with Gasteiger partial charge in [-0.2, -0.15) is 0 Å². The monoisotopic (exact) mass is 366 g/mol. The van der Waals surface area contributed by atoms with Gasteiger partial charge in [0.25, 0.3) is 0 Å². The highest BCUT2D eigenvalue weighted by molar-refractivity contribution is 4.78. The van der Waals surface area contributed by atoms with Crippen molar-refractivity contribution >= 4 is 0 Å². The molecule has 0 aliphatic heterocycles. The van der Waals surface area contributed by atoms with Gasteiger partial charge >= 0.3 is 0 Å². The zero-order chi connectivity index (χ0) is 19.7. The fourth-order valence-corrected chi connectivity index (χ4v) is 3.94. The molecule has 0 aromatic heterocycles. The fraction of sp³-hybridized carbons (Fsp3) is 1.00. The molecule has 0 heteroatoms. The van der Waals surface area contributed by atoms with E-state index in [-0.39, 0.29) is 0 Å². The van der Waals surface area contributed by atoms with Crippen molar-refractivity contribution in [2.24, 2.45) is 17.3 Å². The molecule has 0 aromatic rings. The van der Waals surface area contributed by atoms with Crippen LogP contribution >= 0.6 is 0 Å². The van der Waals surface area contributed by atoms with E-state index in [1.165, 1.54) is 109 Å². The van der Waals surface area contributed by atoms with Crippen molar-refractivity contribution in [3.05, 3.63) is 0 Å². The third kappa shape index (κ3) is 14.1. The van der Waals surface area contributed by atoms with Crippen molar-refractivity contribution in [2.45, 2.75) is 151 Å². The first-order chi connectivity index (χ1) is 12.4. The Balaban J connectivity index is 3.25. The molecular formula is C26H54. The number of hydrogen-bond acceptors (Lipinski definition) is 0. The normalized spacial score (nSPS) is 13.5. The molecule has 0 heterocycles. The Morgan fingerprint density at radius 1 is 0.500 bits per heavy atom. The minimum Gasteiger partial charge on any atom is -0.0654 e. The van der Waals surface area contributed by atoms with Crippen molar-refractivity contribution in [2.75, 3.05) is 0 Å². The molecule has 0 aliphatic carbocycles. The van der Waals surface area contributed by atoms with Crippen molar-refractivity contribution in [1.29, 1.82) is 0 Å². The Kier molecular flexibility index (Phi) is 17.1. The lowest BCUT2D eigenvalue weighted by Gasteiger charge is -2.36. The molecular weight excluding hydrogens is 312 g/mol. The summed E-state index contributed by atoms with van der Waals surface area (Å²) in [4.78, 5) is 0. The third-order valence-corrected chi connectivity index (χ3v) is 7.25. The molecule has 0 saturated carbocycles. The van der Waals surface area contributed by atoms with Crippen LogP contribution in [-0.2, 0) is 0 Å². The number of rotatable bonds is 19. The topological polar surface area (TPSA) is 0 Å². The van der Waals surface area contributed by atoms with Crippen LogP contribution in [0, 0.1) is 17.3 Å². The van der Waals surface area contributed by atoms with Crippen molar-refractivity contribution in [3.63, 3.8) is 0 Å². The van der Waals surface area contributed by atoms with Gasteiger partial charge < -0.3 is 0 Å². The molecule has 26 heavy (non-hydrogen) atoms. The van der Waals surface area contributed by atoms with Crippen LogP contribution in [0.4, 0.5) is 0 Å². The van der Waals surface area contributed by atoms with Gasteiger partial charge in [0, 0.05) is 0 Å². The number of hydrogen-bond donors (Lipinski definition) is 0. The maximum Gasteiger partial charge on any atom is -0.0305 e. The van der Waals surface area contributed by atoms with Gasteiger partial charge in [-0.25, -0.2) is 0 Å². The maximum absolute atomic E-state index is 2.46. The van der Waals surface area contributed by atoms with E-state index in [9.17, 15) is 0 Å². The highest BCUT2D eigenvalue weighted by atomic mass is 14.3. The quantitative estimate of drug-likeness (QED) is 0.199. The molecule has 0 bridgehead atoms. The van der Waals surface area contributed by atoms with Crippen molar-refractivity contribution in [1.82, 2.24) is 0 Å². The summed E-state index contributed by atoms with van der Waals surface area (Å²) in [5, 5.41) is 0. The van der Waals surface area contributed by atoms with E-state index in [4.69, 9.17) is 0 Å². The van der Waals surface area contributed by atoms with E-state index in [0.29, 0.717) is 5.41 Å². The van der Waals surface area contributed by atoms with Crippen LogP contribution in [-0.4, -0.2) is 0 Å². The van der Waals surface area contributed by atoms with Crippen LogP contribution in [0.15, 0.2) is 0 Å². The van der Waals surface area contributed by atoms with Crippen LogP contribution in [0.5, 0.6) is 0 Å². The van der Waals surface area contributed by atoms with Gasteiger partial charge in [-0.1, -0.05) is 151 Å². The zero-order valence-electron chi connectivity index (χ0n) is 19.7. The lowest BCUT2D eigenvalue weighted by molar-refractivity contribution is 0.140. The van der Waals surface area contributed by atoms with E-state index in [1.807, 2.05) is 0 Å². The molecule has 0 radical (unpaired) electrons. The predicted molar refractivity (Wildman–Crippen MR) is 122 cm³/mol. The summed E-state index contributed by atoms with van der Waals surface area (Å²) in [5.74, 6) is 1.65. The minimum absolute atomic E-state index is 0.496. The summed E-state index contributed by atoms with van der Waals surface area (Å²) in [6.45, 7) is 14.4. The molecule has 0 spiro atoms. The molecule has 0 saturated heterocycles. The van der Waals surface area contributed by atoms with Gasteiger partial charge in [0.05, 0.1) is 0 Å². The lowest BCUT2D eigenvalue weighted by atomic mass is 9.70. The first-order valence-electron chi connectivity index (χ1n) is 12.4. The SMILES string of the molecule is CCCCCCCCCCCCCCCCCCC(C)C(C)(C)C(C)C. The highest BCUT2D eigenvalue weighted by Gasteiger charge is 2.28. The minimum atomic E-state index is 0.496. The Morgan fingerprint density at radius 2 is 0.808 bits per heavy atom. The summed E-state index contributed by atoms with van der Waals surface area (Å²) in [5.41, 5.74) is 0.496. The molecule has 158 valence electrons. The Morgan fingerprint density at radius 3 is 1.12 bits per heavy atom. The molecule has 0 fully saturated rings. The smallest absolute Gasteiger partial charge is 0.0305 e. The summed E-state index contributed by atoms with van der Waals surface area (Å²) in [7, 11) is 0. The molecule has 1 atom stereocenters. The van der Waals surface area contributed by atoms with Crippen molar-refractivity contribution < 1.29 is 0 Å². The van der Waals surface area contributed by atoms with Gasteiger partial charge in [0.2, 0.25) is 0 Å². The molecule has 0 amide bonds. The van der Waals surface area contributed by atoms with E-state index in [0.717, 1.165) is 11.8 Å². The average Bonchev–Trinajstić information content (AvgIpc) is 2.60. The van der Waals surface area contributed by atoms with Gasteiger partial charge in [-0.15, -0.1) is 0 Å². The molecule has 1 unspecified atom stereocenters. The van der Waals surface area contributed by atoms with Crippen LogP contribution in [0.1, 0.15) is 151 Å². The molecule has 0 N–H and O–H groups in total. The molecule has 0 aromatic carbocycles. The molecule has 0 rings (SSSR count). The lowest BCUT2D eigenvalue weighted by Crippen LogP contribution is -2.27. The van der Waals surface area contributed by atoms with Gasteiger partial charge in [-0.3, -0.25) is 0 Å². The van der Waals surface area contributed by atoms with E-state index in [1.54, 1.807) is 0 Å². The van der Waals surface area contributed by atoms with Gasteiger partial charge in [0.15, 0.2) is 0 Å². The van der Waals surface area contributed by atoms with Crippen LogP contribution in [0.25, 0.3) is 0 Å². The van der Waals surface area contributed by atoms with Crippen LogP contribution in [0.2, 0.25) is 0 Å². The van der Waals surface area contributed by atoms with Crippen molar-refractivity contribution in [3.8, 4) is 0 Å². The number of unbranched alkanes of at least 4 members (excludes halogenated alkanes) is 15. The van der Waals surface area contributed by atoms with Crippen LogP contribution < -0.4 is 0 Å². The first-order valence-corrected chi connectivity index (χ1v) is 12.4. The summed E-state index contributed by atoms with van der Waals surface area (Å²) < 4.78 is 0. The molecule has 0 aliphatic rings. The summed E-state index contributed by atoms with van der Waals surface area (Å²) in [6, 6.07) is 0. The second-order valence-corrected chi connectivity index (χ2v) is 9.97. The third-order valence-electron chi connectivity index (χ3n) is 7.25.